The molecule has 0 aromatic heterocycles. The van der Waals surface area contributed by atoms with Gasteiger partial charge < -0.3 is 25.3 Å². The molecule has 7 heteroatoms. The molecule has 0 aliphatic heterocycles. The number of hydrogen-bond acceptors (Lipinski definition) is 5. The Morgan fingerprint density at radius 1 is 1.19 bits per heavy atom. The van der Waals surface area contributed by atoms with E-state index in [0.717, 1.165) is 0 Å². The van der Waals surface area contributed by atoms with E-state index in [0.29, 0.717) is 36.8 Å². The van der Waals surface area contributed by atoms with Crippen LogP contribution in [0.1, 0.15) is 13.3 Å². The maximum atomic E-state index is 11.2. The van der Waals surface area contributed by atoms with Crippen LogP contribution in [-0.2, 0) is 4.79 Å². The van der Waals surface area contributed by atoms with Gasteiger partial charge in [-0.15, -0.1) is 12.4 Å². The van der Waals surface area contributed by atoms with Gasteiger partial charge in [-0.1, -0.05) is 0 Å². The number of carbonyl (C=O) groups excluding carboxylic acids is 1. The molecule has 0 aliphatic rings. The van der Waals surface area contributed by atoms with Crippen molar-refractivity contribution in [3.05, 3.63) is 18.2 Å². The van der Waals surface area contributed by atoms with Gasteiger partial charge in [-0.05, 0) is 13.3 Å². The van der Waals surface area contributed by atoms with Crippen LogP contribution < -0.4 is 25.3 Å². The average molecular weight is 319 g/mol. The van der Waals surface area contributed by atoms with Crippen molar-refractivity contribution in [2.24, 2.45) is 5.73 Å². The van der Waals surface area contributed by atoms with Crippen LogP contribution in [-0.4, -0.2) is 39.3 Å². The van der Waals surface area contributed by atoms with E-state index >= 15 is 0 Å². The molecule has 21 heavy (non-hydrogen) atoms. The lowest BCUT2D eigenvalue weighted by atomic mass is 10.3. The lowest BCUT2D eigenvalue weighted by Gasteiger charge is -2.11. The molecule has 0 spiro atoms. The zero-order valence-corrected chi connectivity index (χ0v) is 13.4. The zero-order valence-electron chi connectivity index (χ0n) is 12.5. The Labute approximate surface area is 131 Å². The van der Waals surface area contributed by atoms with E-state index in [-0.39, 0.29) is 18.3 Å². The number of carbonyl (C=O) groups is 1. The summed E-state index contributed by atoms with van der Waals surface area (Å²) in [6, 6.07) is 4.85. The van der Waals surface area contributed by atoms with Crippen LogP contribution in [0.5, 0.6) is 17.2 Å². The molecule has 1 aromatic rings. The second kappa shape index (κ2) is 10.1. The number of benzene rings is 1. The number of methoxy groups -OCH3 is 2. The van der Waals surface area contributed by atoms with Gasteiger partial charge in [-0.25, -0.2) is 0 Å². The molecule has 6 nitrogen and oxygen atoms in total. The van der Waals surface area contributed by atoms with Crippen LogP contribution in [0.2, 0.25) is 0 Å². The third-order valence-corrected chi connectivity index (χ3v) is 2.63. The molecule has 0 saturated heterocycles. The number of rotatable bonds is 8. The fourth-order valence-electron chi connectivity index (χ4n) is 1.50. The third kappa shape index (κ3) is 7.06. The summed E-state index contributed by atoms with van der Waals surface area (Å²) in [5.74, 6) is 1.85. The van der Waals surface area contributed by atoms with Gasteiger partial charge in [-0.2, -0.15) is 0 Å². The summed E-state index contributed by atoms with van der Waals surface area (Å²) >= 11 is 0. The molecule has 3 N–H and O–H groups in total. The molecule has 120 valence electrons. The molecule has 0 heterocycles. The Balaban J connectivity index is 0.00000400. The molecule has 0 saturated carbocycles. The Hall–Kier alpha value is -1.66. The Morgan fingerprint density at radius 3 is 2.19 bits per heavy atom. The minimum atomic E-state index is -0.487. The maximum absolute atomic E-state index is 11.2. The summed E-state index contributed by atoms with van der Waals surface area (Å²) in [7, 11) is 3.17. The lowest BCUT2D eigenvalue weighted by Crippen LogP contribution is -2.38. The van der Waals surface area contributed by atoms with Gasteiger partial charge >= 0.3 is 0 Å². The van der Waals surface area contributed by atoms with Crippen LogP contribution in [0.3, 0.4) is 0 Å². The molecule has 0 fully saturated rings. The fraction of sp³-hybridized carbons (Fsp3) is 0.500. The first-order chi connectivity index (χ1) is 9.56. The topological polar surface area (TPSA) is 82.8 Å². The van der Waals surface area contributed by atoms with Gasteiger partial charge in [0.25, 0.3) is 0 Å². The van der Waals surface area contributed by atoms with E-state index in [1.54, 1.807) is 39.3 Å². The van der Waals surface area contributed by atoms with E-state index in [9.17, 15) is 4.79 Å². The van der Waals surface area contributed by atoms with Crippen molar-refractivity contribution < 1.29 is 19.0 Å². The Bertz CT molecular complexity index is 419. The summed E-state index contributed by atoms with van der Waals surface area (Å²) in [4.78, 5) is 11.2. The standard InChI is InChI=1S/C14H22N2O4.ClH/c1-10(15)14(17)16-5-4-6-20-13-8-11(18-2)7-12(9-13)19-3;/h7-10H,4-6,15H2,1-3H3,(H,16,17);1H/t10-;/m0./s1. The molecule has 1 rings (SSSR count). The van der Waals surface area contributed by atoms with Gasteiger partial charge in [0, 0.05) is 24.7 Å². The molecule has 1 aromatic carbocycles. The highest BCUT2D eigenvalue weighted by Crippen LogP contribution is 2.27. The van der Waals surface area contributed by atoms with Gasteiger partial charge in [0.2, 0.25) is 5.91 Å². The van der Waals surface area contributed by atoms with Gasteiger partial charge in [0.15, 0.2) is 0 Å². The van der Waals surface area contributed by atoms with E-state index < -0.39 is 6.04 Å². The average Bonchev–Trinajstić information content (AvgIpc) is 2.46. The van der Waals surface area contributed by atoms with Crippen molar-refractivity contribution >= 4 is 18.3 Å². The fourth-order valence-corrected chi connectivity index (χ4v) is 1.50. The SMILES string of the molecule is COc1cc(OC)cc(OCCCNC(=O)[C@H](C)N)c1.Cl. The van der Waals surface area contributed by atoms with E-state index in [1.165, 1.54) is 0 Å². The van der Waals surface area contributed by atoms with Crippen LogP contribution in [0, 0.1) is 0 Å². The summed E-state index contributed by atoms with van der Waals surface area (Å²) < 4.78 is 15.9. The number of hydrogen-bond donors (Lipinski definition) is 2. The van der Waals surface area contributed by atoms with Crippen LogP contribution in [0.25, 0.3) is 0 Å². The van der Waals surface area contributed by atoms with E-state index in [2.05, 4.69) is 5.32 Å². The predicted octanol–water partition coefficient (Wildman–Crippen LogP) is 1.36. The van der Waals surface area contributed by atoms with Crippen LogP contribution in [0.4, 0.5) is 0 Å². The number of amides is 1. The summed E-state index contributed by atoms with van der Waals surface area (Å²) in [5, 5.41) is 2.72. The molecular weight excluding hydrogens is 296 g/mol. The van der Waals surface area contributed by atoms with Crippen molar-refractivity contribution in [2.75, 3.05) is 27.4 Å². The lowest BCUT2D eigenvalue weighted by molar-refractivity contribution is -0.121. The van der Waals surface area contributed by atoms with Crippen LogP contribution >= 0.6 is 12.4 Å². The van der Waals surface area contributed by atoms with Crippen molar-refractivity contribution in [3.63, 3.8) is 0 Å². The molecular formula is C14H23ClN2O4. The maximum Gasteiger partial charge on any atom is 0.236 e. The number of ether oxygens (including phenoxy) is 3. The van der Waals surface area contributed by atoms with Crippen molar-refractivity contribution in [1.29, 1.82) is 0 Å². The second-order valence-electron chi connectivity index (χ2n) is 4.33. The Morgan fingerprint density at radius 2 is 1.71 bits per heavy atom. The normalized spacial score (nSPS) is 11.0. The Kier molecular flexibility index (Phi) is 9.32. The van der Waals surface area contributed by atoms with Crippen molar-refractivity contribution in [2.45, 2.75) is 19.4 Å². The van der Waals surface area contributed by atoms with Gasteiger partial charge in [0.1, 0.15) is 17.2 Å². The molecule has 1 atom stereocenters. The zero-order chi connectivity index (χ0) is 15.0. The second-order valence-corrected chi connectivity index (χ2v) is 4.33. The van der Waals surface area contributed by atoms with Crippen LogP contribution in [0.15, 0.2) is 18.2 Å². The summed E-state index contributed by atoms with van der Waals surface area (Å²) in [6.07, 6.45) is 0.692. The van der Waals surface area contributed by atoms with E-state index in [1.807, 2.05) is 0 Å². The molecule has 1 amide bonds. The molecule has 0 aliphatic carbocycles. The van der Waals surface area contributed by atoms with Crippen molar-refractivity contribution in [1.82, 2.24) is 5.32 Å². The quantitative estimate of drug-likeness (QED) is 0.707. The highest BCUT2D eigenvalue weighted by Gasteiger charge is 2.06. The summed E-state index contributed by atoms with van der Waals surface area (Å²) in [6.45, 7) is 2.66. The first kappa shape index (κ1) is 19.3. The minimum Gasteiger partial charge on any atom is -0.496 e. The van der Waals surface area contributed by atoms with E-state index in [4.69, 9.17) is 19.9 Å². The first-order valence-corrected chi connectivity index (χ1v) is 6.46. The summed E-state index contributed by atoms with van der Waals surface area (Å²) in [5.41, 5.74) is 5.43. The highest BCUT2D eigenvalue weighted by molar-refractivity contribution is 5.85. The molecule has 0 bridgehead atoms. The number of nitrogens with two attached hydrogens (primary N) is 1. The van der Waals surface area contributed by atoms with Crippen molar-refractivity contribution in [3.8, 4) is 17.2 Å². The smallest absolute Gasteiger partial charge is 0.236 e. The largest absolute Gasteiger partial charge is 0.496 e. The first-order valence-electron chi connectivity index (χ1n) is 6.46. The number of nitrogens with one attached hydrogen (secondary N) is 1. The highest BCUT2D eigenvalue weighted by atomic mass is 35.5. The molecule has 0 unspecified atom stereocenters. The molecule has 0 radical (unpaired) electrons. The monoisotopic (exact) mass is 318 g/mol. The number of halogens is 1. The van der Waals surface area contributed by atoms with Gasteiger partial charge in [0.05, 0.1) is 26.9 Å². The third-order valence-electron chi connectivity index (χ3n) is 2.63. The minimum absolute atomic E-state index is 0. The predicted molar refractivity (Wildman–Crippen MR) is 83.6 cm³/mol. The van der Waals surface area contributed by atoms with Gasteiger partial charge in [-0.3, -0.25) is 4.79 Å².